The number of hydrogen-bond acceptors (Lipinski definition) is 5. The van der Waals surface area contributed by atoms with Crippen molar-refractivity contribution in [1.82, 2.24) is 20.9 Å². The van der Waals surface area contributed by atoms with Gasteiger partial charge in [-0.2, -0.15) is 11.8 Å². The first kappa shape index (κ1) is 27.1. The lowest BCUT2D eigenvalue weighted by atomic mass is 10.2. The Morgan fingerprint density at radius 1 is 1.25 bits per heavy atom. The van der Waals surface area contributed by atoms with E-state index in [9.17, 15) is 9.59 Å². The lowest BCUT2D eigenvalue weighted by molar-refractivity contribution is -0.127. The van der Waals surface area contributed by atoms with Crippen LogP contribution in [0.25, 0.3) is 0 Å². The molecule has 28 heavy (non-hydrogen) atoms. The second-order valence-corrected chi connectivity index (χ2v) is 8.83. The second kappa shape index (κ2) is 13.3. The molecule has 0 aromatic rings. The number of ether oxygens (including phenoxy) is 1. The van der Waals surface area contributed by atoms with Crippen molar-refractivity contribution in [3.05, 3.63) is 0 Å². The summed E-state index contributed by atoms with van der Waals surface area (Å²) in [5.41, 5.74) is -0.524. The van der Waals surface area contributed by atoms with Gasteiger partial charge in [-0.25, -0.2) is 9.79 Å². The molecule has 0 aromatic heterocycles. The van der Waals surface area contributed by atoms with Crippen LogP contribution in [-0.4, -0.2) is 80.2 Å². The van der Waals surface area contributed by atoms with Crippen LogP contribution in [0.2, 0.25) is 0 Å². The van der Waals surface area contributed by atoms with Gasteiger partial charge in [-0.1, -0.05) is 0 Å². The maximum atomic E-state index is 12.1. The third-order valence-corrected chi connectivity index (χ3v) is 4.46. The summed E-state index contributed by atoms with van der Waals surface area (Å²) in [5.74, 6) is 1.90. The highest BCUT2D eigenvalue weighted by Gasteiger charge is 2.33. The number of alkyl carbamates (subject to hydrolysis) is 1. The van der Waals surface area contributed by atoms with Crippen molar-refractivity contribution in [3.8, 4) is 0 Å². The fourth-order valence-electron chi connectivity index (χ4n) is 2.23. The molecule has 10 heteroatoms. The van der Waals surface area contributed by atoms with E-state index in [1.807, 2.05) is 27.0 Å². The van der Waals surface area contributed by atoms with Crippen LogP contribution < -0.4 is 16.0 Å². The van der Waals surface area contributed by atoms with Gasteiger partial charge in [0.05, 0.1) is 6.04 Å². The molecule has 3 N–H and O–H groups in total. The van der Waals surface area contributed by atoms with Gasteiger partial charge < -0.3 is 25.6 Å². The van der Waals surface area contributed by atoms with E-state index in [1.165, 1.54) is 4.90 Å². The molecule has 1 fully saturated rings. The van der Waals surface area contributed by atoms with E-state index in [0.29, 0.717) is 18.4 Å². The topological polar surface area (TPSA) is 95.1 Å². The fourth-order valence-corrected chi connectivity index (χ4v) is 2.54. The van der Waals surface area contributed by atoms with E-state index in [2.05, 4.69) is 20.9 Å². The molecule has 0 heterocycles. The number of nitrogens with one attached hydrogen (secondary N) is 3. The zero-order valence-electron chi connectivity index (χ0n) is 17.8. The summed E-state index contributed by atoms with van der Waals surface area (Å²) in [4.78, 5) is 29.8. The Bertz CT molecular complexity index is 522. The van der Waals surface area contributed by atoms with Gasteiger partial charge in [0.15, 0.2) is 5.96 Å². The standard InChI is InChI=1S/C18H35N5O3S.HI/c1-18(2,3)26-17(25)22-14(13-7-8-13)11-20-16(19-9-10-27-6)21-12-15(24)23(4)5;/h13-14H,7-12H2,1-6H3,(H,22,25)(H2,19,20,21);1H. The van der Waals surface area contributed by atoms with Crippen LogP contribution in [0.15, 0.2) is 4.99 Å². The average molecular weight is 529 g/mol. The zero-order valence-corrected chi connectivity index (χ0v) is 21.0. The van der Waals surface area contributed by atoms with E-state index in [-0.39, 0.29) is 42.5 Å². The number of guanidine groups is 1. The molecule has 0 aliphatic heterocycles. The number of aliphatic imine (C=N–C) groups is 1. The molecule has 0 aromatic carbocycles. The molecule has 8 nitrogen and oxygen atoms in total. The minimum Gasteiger partial charge on any atom is -0.444 e. The molecule has 1 atom stereocenters. The largest absolute Gasteiger partial charge is 0.444 e. The normalized spacial score (nSPS) is 15.1. The van der Waals surface area contributed by atoms with Crippen LogP contribution in [-0.2, 0) is 9.53 Å². The van der Waals surface area contributed by atoms with Crippen molar-refractivity contribution >= 4 is 53.7 Å². The predicted octanol–water partition coefficient (Wildman–Crippen LogP) is 1.89. The Morgan fingerprint density at radius 3 is 2.39 bits per heavy atom. The molecule has 0 saturated heterocycles. The number of rotatable bonds is 9. The van der Waals surface area contributed by atoms with Gasteiger partial charge in [-0.3, -0.25) is 4.79 Å². The molecular formula is C18H36IN5O3S. The lowest BCUT2D eigenvalue weighted by Crippen LogP contribution is -2.49. The molecule has 0 radical (unpaired) electrons. The predicted molar refractivity (Wildman–Crippen MR) is 127 cm³/mol. The molecule has 164 valence electrons. The highest BCUT2D eigenvalue weighted by molar-refractivity contribution is 14.0. The molecule has 0 spiro atoms. The number of thioether (sulfide) groups is 1. The summed E-state index contributed by atoms with van der Waals surface area (Å²) in [6.45, 7) is 6.90. The van der Waals surface area contributed by atoms with E-state index in [0.717, 1.165) is 25.1 Å². The van der Waals surface area contributed by atoms with Crippen LogP contribution >= 0.6 is 35.7 Å². The van der Waals surface area contributed by atoms with Crippen LogP contribution in [0.4, 0.5) is 4.79 Å². The molecule has 1 aliphatic rings. The Hall–Kier alpha value is -0.910. The first-order chi connectivity index (χ1) is 12.6. The number of halogens is 1. The monoisotopic (exact) mass is 529 g/mol. The molecular weight excluding hydrogens is 493 g/mol. The molecule has 1 unspecified atom stereocenters. The fraction of sp³-hybridized carbons (Fsp3) is 0.833. The summed E-state index contributed by atoms with van der Waals surface area (Å²) in [6, 6.07) is -0.0306. The van der Waals surface area contributed by atoms with E-state index in [1.54, 1.807) is 25.9 Å². The molecule has 1 saturated carbocycles. The molecule has 1 aliphatic carbocycles. The van der Waals surface area contributed by atoms with Crippen molar-refractivity contribution in [1.29, 1.82) is 0 Å². The first-order valence-corrected chi connectivity index (χ1v) is 10.7. The van der Waals surface area contributed by atoms with Gasteiger partial charge in [0, 0.05) is 32.9 Å². The van der Waals surface area contributed by atoms with Crippen molar-refractivity contribution in [2.24, 2.45) is 10.9 Å². The van der Waals surface area contributed by atoms with Crippen LogP contribution in [0.5, 0.6) is 0 Å². The first-order valence-electron chi connectivity index (χ1n) is 9.33. The van der Waals surface area contributed by atoms with Crippen LogP contribution in [0, 0.1) is 5.92 Å². The number of amides is 2. The van der Waals surface area contributed by atoms with Crippen LogP contribution in [0.1, 0.15) is 33.6 Å². The quantitative estimate of drug-likeness (QED) is 0.183. The third-order valence-electron chi connectivity index (χ3n) is 3.85. The van der Waals surface area contributed by atoms with Gasteiger partial charge in [0.1, 0.15) is 12.1 Å². The Morgan fingerprint density at radius 2 is 1.89 bits per heavy atom. The molecule has 0 bridgehead atoms. The average Bonchev–Trinajstić information content (AvgIpc) is 3.38. The number of carbonyl (C=O) groups is 2. The zero-order chi connectivity index (χ0) is 20.4. The Labute approximate surface area is 190 Å². The number of nitrogens with zero attached hydrogens (tertiary/aromatic N) is 2. The lowest BCUT2D eigenvalue weighted by Gasteiger charge is -2.24. The van der Waals surface area contributed by atoms with E-state index in [4.69, 9.17) is 4.74 Å². The van der Waals surface area contributed by atoms with Crippen molar-refractivity contribution in [2.45, 2.75) is 45.3 Å². The number of carbonyl (C=O) groups excluding carboxylic acids is 2. The van der Waals surface area contributed by atoms with Crippen molar-refractivity contribution < 1.29 is 14.3 Å². The number of likely N-dealkylation sites (N-methyl/N-ethyl adjacent to an activating group) is 1. The van der Waals surface area contributed by atoms with E-state index >= 15 is 0 Å². The highest BCUT2D eigenvalue weighted by atomic mass is 127. The van der Waals surface area contributed by atoms with Gasteiger partial charge in [0.2, 0.25) is 5.91 Å². The molecule has 2 amide bonds. The van der Waals surface area contributed by atoms with Crippen molar-refractivity contribution in [2.75, 3.05) is 45.7 Å². The molecule has 1 rings (SSSR count). The maximum Gasteiger partial charge on any atom is 0.407 e. The minimum atomic E-state index is -0.524. The summed E-state index contributed by atoms with van der Waals surface area (Å²) < 4.78 is 5.36. The third kappa shape index (κ3) is 12.5. The minimum absolute atomic E-state index is 0. The van der Waals surface area contributed by atoms with Crippen LogP contribution in [0.3, 0.4) is 0 Å². The summed E-state index contributed by atoms with van der Waals surface area (Å²) in [7, 11) is 3.42. The van der Waals surface area contributed by atoms with Gasteiger partial charge in [-0.05, 0) is 45.8 Å². The summed E-state index contributed by atoms with van der Waals surface area (Å²) in [6.07, 6.45) is 3.81. The summed E-state index contributed by atoms with van der Waals surface area (Å²) >= 11 is 1.73. The van der Waals surface area contributed by atoms with E-state index < -0.39 is 11.7 Å². The van der Waals surface area contributed by atoms with Gasteiger partial charge in [-0.15, -0.1) is 24.0 Å². The second-order valence-electron chi connectivity index (χ2n) is 7.84. The number of hydrogen-bond donors (Lipinski definition) is 3. The summed E-state index contributed by atoms with van der Waals surface area (Å²) in [5, 5.41) is 9.43. The highest BCUT2D eigenvalue weighted by Crippen LogP contribution is 2.32. The Kier molecular flexibility index (Phi) is 12.9. The SMILES string of the molecule is CSCCNC(=NCC(=O)N(C)C)NCC(NC(=O)OC(C)(C)C)C1CC1.I. The van der Waals surface area contributed by atoms with Gasteiger partial charge >= 0.3 is 6.09 Å². The smallest absolute Gasteiger partial charge is 0.407 e. The van der Waals surface area contributed by atoms with Gasteiger partial charge in [0.25, 0.3) is 0 Å². The Balaban J connectivity index is 0.00000729. The van der Waals surface area contributed by atoms with Crippen molar-refractivity contribution in [3.63, 3.8) is 0 Å². The maximum absolute atomic E-state index is 12.1.